The molecular formula is C17H19NO2S. The zero-order valence-electron chi connectivity index (χ0n) is 12.1. The Kier molecular flexibility index (Phi) is 6.14. The second-order valence-corrected chi connectivity index (χ2v) is 5.39. The summed E-state index contributed by atoms with van der Waals surface area (Å²) < 4.78 is 11.5. The summed E-state index contributed by atoms with van der Waals surface area (Å²) in [4.78, 5) is 1.13. The lowest BCUT2D eigenvalue weighted by Crippen LogP contribution is -1.99. The molecule has 1 aromatic carbocycles. The summed E-state index contributed by atoms with van der Waals surface area (Å²) >= 11 is 1.63. The van der Waals surface area contributed by atoms with Crippen LogP contribution in [-0.2, 0) is 6.61 Å². The maximum Gasteiger partial charge on any atom is 0.161 e. The number of hydrogen-bond donors (Lipinski definition) is 1. The van der Waals surface area contributed by atoms with E-state index in [2.05, 4.69) is 18.8 Å². The van der Waals surface area contributed by atoms with Crippen LogP contribution in [0.1, 0.15) is 23.8 Å². The van der Waals surface area contributed by atoms with Crippen LogP contribution in [0.4, 0.5) is 0 Å². The fraction of sp³-hybridized carbons (Fsp3) is 0.294. The molecule has 0 aliphatic heterocycles. The summed E-state index contributed by atoms with van der Waals surface area (Å²) in [6.07, 6.45) is 0.975. The minimum Gasteiger partial charge on any atom is -0.490 e. The van der Waals surface area contributed by atoms with Crippen LogP contribution in [0.2, 0.25) is 0 Å². The molecule has 0 radical (unpaired) electrons. The van der Waals surface area contributed by atoms with E-state index in [9.17, 15) is 0 Å². The van der Waals surface area contributed by atoms with Crippen molar-refractivity contribution < 1.29 is 9.47 Å². The minimum absolute atomic E-state index is 0.379. The molecule has 0 aliphatic carbocycles. The van der Waals surface area contributed by atoms with Crippen molar-refractivity contribution >= 4 is 11.3 Å². The monoisotopic (exact) mass is 301 g/mol. The average molecular weight is 301 g/mol. The Bertz CT molecular complexity index is 625. The number of nitrogens with two attached hydrogens (primary N) is 1. The fourth-order valence-corrected chi connectivity index (χ4v) is 2.45. The van der Waals surface area contributed by atoms with E-state index in [0.717, 1.165) is 28.4 Å². The normalized spacial score (nSPS) is 9.81. The van der Waals surface area contributed by atoms with Gasteiger partial charge in [-0.15, -0.1) is 11.3 Å². The second kappa shape index (κ2) is 8.35. The van der Waals surface area contributed by atoms with E-state index >= 15 is 0 Å². The van der Waals surface area contributed by atoms with E-state index < -0.39 is 0 Å². The van der Waals surface area contributed by atoms with Crippen LogP contribution in [0.25, 0.3) is 0 Å². The Morgan fingerprint density at radius 1 is 1.19 bits per heavy atom. The van der Waals surface area contributed by atoms with Gasteiger partial charge in [0.2, 0.25) is 0 Å². The van der Waals surface area contributed by atoms with Crippen molar-refractivity contribution in [3.05, 3.63) is 46.2 Å². The third-order valence-electron chi connectivity index (χ3n) is 2.67. The largest absolute Gasteiger partial charge is 0.490 e. The first-order valence-corrected chi connectivity index (χ1v) is 7.82. The average Bonchev–Trinajstić information content (AvgIpc) is 2.97. The first-order chi connectivity index (χ1) is 10.3. The Morgan fingerprint density at radius 2 is 1.95 bits per heavy atom. The van der Waals surface area contributed by atoms with Gasteiger partial charge in [-0.1, -0.05) is 30.9 Å². The van der Waals surface area contributed by atoms with Gasteiger partial charge in [0, 0.05) is 15.8 Å². The van der Waals surface area contributed by atoms with E-state index in [-0.39, 0.29) is 0 Å². The van der Waals surface area contributed by atoms with Crippen LogP contribution < -0.4 is 15.2 Å². The molecule has 21 heavy (non-hydrogen) atoms. The van der Waals surface area contributed by atoms with E-state index in [4.69, 9.17) is 15.2 Å². The third-order valence-corrected chi connectivity index (χ3v) is 3.58. The maximum atomic E-state index is 5.85. The van der Waals surface area contributed by atoms with Crippen LogP contribution in [0.3, 0.4) is 0 Å². The van der Waals surface area contributed by atoms with Crippen molar-refractivity contribution in [1.29, 1.82) is 0 Å². The molecule has 0 saturated carbocycles. The SMILES string of the molecule is CCCOc1ccccc1OCc1cc(C#CCN)cs1. The Balaban J connectivity index is 1.98. The topological polar surface area (TPSA) is 44.5 Å². The lowest BCUT2D eigenvalue weighted by Gasteiger charge is -2.11. The summed E-state index contributed by atoms with van der Waals surface area (Å²) in [7, 11) is 0. The molecule has 0 atom stereocenters. The second-order valence-electron chi connectivity index (χ2n) is 4.39. The quantitative estimate of drug-likeness (QED) is 0.831. The van der Waals surface area contributed by atoms with Crippen molar-refractivity contribution in [1.82, 2.24) is 0 Å². The molecule has 1 aromatic heterocycles. The highest BCUT2D eigenvalue weighted by Crippen LogP contribution is 2.28. The standard InChI is InChI=1S/C17H19NO2S/c1-2-10-19-16-7-3-4-8-17(16)20-12-15-11-14(13-21-15)6-5-9-18/h3-4,7-8,11,13H,2,9-10,12,18H2,1H3. The minimum atomic E-state index is 0.379. The molecule has 0 aliphatic rings. The highest BCUT2D eigenvalue weighted by Gasteiger charge is 2.05. The molecule has 0 spiro atoms. The van der Waals surface area contributed by atoms with Gasteiger partial charge < -0.3 is 15.2 Å². The summed E-state index contributed by atoms with van der Waals surface area (Å²) in [5.41, 5.74) is 6.35. The van der Waals surface area contributed by atoms with Crippen LogP contribution in [-0.4, -0.2) is 13.2 Å². The molecule has 0 saturated heterocycles. The fourth-order valence-electron chi connectivity index (χ4n) is 1.72. The summed E-state index contributed by atoms with van der Waals surface area (Å²) in [5.74, 6) is 7.43. The molecule has 110 valence electrons. The molecule has 2 aromatic rings. The first kappa shape index (κ1) is 15.4. The Morgan fingerprint density at radius 3 is 2.67 bits per heavy atom. The maximum absolute atomic E-state index is 5.85. The summed E-state index contributed by atoms with van der Waals surface area (Å²) in [5, 5.41) is 2.01. The van der Waals surface area contributed by atoms with Gasteiger partial charge in [0.25, 0.3) is 0 Å². The Hall–Kier alpha value is -1.96. The van der Waals surface area contributed by atoms with Gasteiger partial charge in [-0.25, -0.2) is 0 Å². The van der Waals surface area contributed by atoms with E-state index in [1.165, 1.54) is 0 Å². The van der Waals surface area contributed by atoms with Gasteiger partial charge in [-0.3, -0.25) is 0 Å². The zero-order valence-corrected chi connectivity index (χ0v) is 12.9. The third kappa shape index (κ3) is 4.82. The van der Waals surface area contributed by atoms with Gasteiger partial charge in [0.05, 0.1) is 13.2 Å². The molecule has 4 heteroatoms. The number of para-hydroxylation sites is 2. The van der Waals surface area contributed by atoms with E-state index in [1.807, 2.05) is 35.7 Å². The predicted octanol–water partition coefficient (Wildman–Crippen LogP) is 3.43. The lowest BCUT2D eigenvalue weighted by atomic mass is 10.3. The molecule has 0 unspecified atom stereocenters. The van der Waals surface area contributed by atoms with Crippen LogP contribution >= 0.6 is 11.3 Å². The summed E-state index contributed by atoms with van der Waals surface area (Å²) in [6.45, 7) is 3.67. The van der Waals surface area contributed by atoms with E-state index in [1.54, 1.807) is 11.3 Å². The molecule has 2 rings (SSSR count). The number of thiophene rings is 1. The molecule has 2 N–H and O–H groups in total. The van der Waals surface area contributed by atoms with E-state index in [0.29, 0.717) is 19.8 Å². The molecular weight excluding hydrogens is 282 g/mol. The van der Waals surface area contributed by atoms with Gasteiger partial charge in [-0.05, 0) is 24.6 Å². The van der Waals surface area contributed by atoms with Crippen LogP contribution in [0.15, 0.2) is 35.7 Å². The van der Waals surface area contributed by atoms with Gasteiger partial charge in [0.15, 0.2) is 11.5 Å². The van der Waals surface area contributed by atoms with Crippen LogP contribution in [0, 0.1) is 11.8 Å². The lowest BCUT2D eigenvalue weighted by molar-refractivity contribution is 0.263. The molecule has 0 bridgehead atoms. The number of hydrogen-bond acceptors (Lipinski definition) is 4. The van der Waals surface area contributed by atoms with Crippen LogP contribution in [0.5, 0.6) is 11.5 Å². The highest BCUT2D eigenvalue weighted by molar-refractivity contribution is 7.10. The smallest absolute Gasteiger partial charge is 0.161 e. The van der Waals surface area contributed by atoms with Crippen molar-refractivity contribution in [2.24, 2.45) is 5.73 Å². The zero-order chi connectivity index (χ0) is 14.9. The van der Waals surface area contributed by atoms with Crippen molar-refractivity contribution in [2.45, 2.75) is 20.0 Å². The number of rotatable bonds is 6. The number of ether oxygens (including phenoxy) is 2. The molecule has 0 fully saturated rings. The molecule has 0 amide bonds. The van der Waals surface area contributed by atoms with Crippen molar-refractivity contribution in [3.8, 4) is 23.3 Å². The van der Waals surface area contributed by atoms with Gasteiger partial charge in [0.1, 0.15) is 6.61 Å². The predicted molar refractivity (Wildman–Crippen MR) is 86.8 cm³/mol. The van der Waals surface area contributed by atoms with Crippen molar-refractivity contribution in [3.63, 3.8) is 0 Å². The Labute approximate surface area is 129 Å². The van der Waals surface area contributed by atoms with Gasteiger partial charge in [-0.2, -0.15) is 0 Å². The van der Waals surface area contributed by atoms with Crippen molar-refractivity contribution in [2.75, 3.05) is 13.2 Å². The summed E-state index contributed by atoms with van der Waals surface area (Å²) in [6, 6.07) is 9.78. The van der Waals surface area contributed by atoms with Gasteiger partial charge >= 0.3 is 0 Å². The highest BCUT2D eigenvalue weighted by atomic mass is 32.1. The number of benzene rings is 1. The molecule has 1 heterocycles. The first-order valence-electron chi connectivity index (χ1n) is 6.94. The molecule has 3 nitrogen and oxygen atoms in total.